The zero-order chi connectivity index (χ0) is 26.5. The van der Waals surface area contributed by atoms with Gasteiger partial charge in [0.25, 0.3) is 5.69 Å². The second-order valence-electron chi connectivity index (χ2n) is 9.24. The van der Waals surface area contributed by atoms with Crippen LogP contribution < -0.4 is 5.32 Å². The summed E-state index contributed by atoms with van der Waals surface area (Å²) in [7, 11) is 1.26. The van der Waals surface area contributed by atoms with Crippen molar-refractivity contribution in [2.75, 3.05) is 20.2 Å². The maximum Gasteiger partial charge on any atom is 0.337 e. The van der Waals surface area contributed by atoms with E-state index in [1.54, 1.807) is 26.1 Å². The van der Waals surface area contributed by atoms with Crippen molar-refractivity contribution in [3.8, 4) is 0 Å². The Morgan fingerprint density at radius 2 is 1.92 bits per heavy atom. The van der Waals surface area contributed by atoms with Crippen LogP contribution in [0.5, 0.6) is 0 Å². The van der Waals surface area contributed by atoms with E-state index in [0.29, 0.717) is 30.0 Å². The molecule has 0 aliphatic carbocycles. The number of dihydropyridines is 1. The molecule has 1 aromatic carbocycles. The molecule has 3 heterocycles. The highest BCUT2D eigenvalue weighted by Crippen LogP contribution is 2.40. The number of nitro benzene ring substituents is 1. The normalized spacial score (nSPS) is 20.3. The monoisotopic (exact) mass is 506 g/mol. The fourth-order valence-corrected chi connectivity index (χ4v) is 5.01. The highest BCUT2D eigenvalue weighted by molar-refractivity contribution is 6.00. The number of piperidine rings is 1. The Labute approximate surface area is 215 Å². The molecule has 1 fully saturated rings. The van der Waals surface area contributed by atoms with Gasteiger partial charge < -0.3 is 14.8 Å². The van der Waals surface area contributed by atoms with Crippen LogP contribution >= 0.6 is 0 Å². The van der Waals surface area contributed by atoms with Gasteiger partial charge in [0, 0.05) is 49.0 Å². The van der Waals surface area contributed by atoms with Crippen LogP contribution in [-0.2, 0) is 25.6 Å². The van der Waals surface area contributed by atoms with Crippen LogP contribution in [0.2, 0.25) is 0 Å². The number of aromatic nitrogens is 1. The summed E-state index contributed by atoms with van der Waals surface area (Å²) < 4.78 is 11.0. The largest absolute Gasteiger partial charge is 0.466 e. The molecule has 0 radical (unpaired) electrons. The summed E-state index contributed by atoms with van der Waals surface area (Å²) in [6.07, 6.45) is 4.81. The molecule has 2 unspecified atom stereocenters. The Hall–Kier alpha value is -4.05. The van der Waals surface area contributed by atoms with Crippen LogP contribution in [0.15, 0.2) is 71.3 Å². The highest BCUT2D eigenvalue weighted by atomic mass is 16.6. The zero-order valence-electron chi connectivity index (χ0n) is 21.1. The molecule has 2 aromatic rings. The van der Waals surface area contributed by atoms with Gasteiger partial charge in [-0.1, -0.05) is 18.2 Å². The number of ether oxygens (including phenoxy) is 2. The van der Waals surface area contributed by atoms with Gasteiger partial charge in [0.15, 0.2) is 0 Å². The zero-order valence-corrected chi connectivity index (χ0v) is 21.1. The highest BCUT2D eigenvalue weighted by Gasteiger charge is 2.39. The van der Waals surface area contributed by atoms with Crippen molar-refractivity contribution >= 4 is 17.6 Å². The predicted octanol–water partition coefficient (Wildman–Crippen LogP) is 3.61. The van der Waals surface area contributed by atoms with Crippen LogP contribution in [0.3, 0.4) is 0 Å². The summed E-state index contributed by atoms with van der Waals surface area (Å²) in [6, 6.07) is 9.85. The maximum absolute atomic E-state index is 13.7. The van der Waals surface area contributed by atoms with E-state index < -0.39 is 22.8 Å². The van der Waals surface area contributed by atoms with Crippen molar-refractivity contribution in [3.05, 3.63) is 92.6 Å². The molecule has 1 saturated heterocycles. The molecule has 194 valence electrons. The fourth-order valence-electron chi connectivity index (χ4n) is 5.01. The number of non-ortho nitro benzene ring substituents is 1. The molecule has 0 amide bonds. The summed E-state index contributed by atoms with van der Waals surface area (Å²) in [5.74, 6) is -2.07. The summed E-state index contributed by atoms with van der Waals surface area (Å²) >= 11 is 0. The molecule has 4 rings (SSSR count). The summed E-state index contributed by atoms with van der Waals surface area (Å²) in [5.41, 5.74) is 2.86. The molecule has 10 nitrogen and oxygen atoms in total. The first-order valence-electron chi connectivity index (χ1n) is 12.1. The van der Waals surface area contributed by atoms with Gasteiger partial charge in [0.2, 0.25) is 0 Å². The number of esters is 2. The van der Waals surface area contributed by atoms with E-state index >= 15 is 0 Å². The number of carbonyl (C=O) groups excluding carboxylic acids is 2. The molecule has 0 saturated carbocycles. The lowest BCUT2D eigenvalue weighted by Gasteiger charge is -2.34. The molecule has 10 heteroatoms. The number of methoxy groups -OCH3 is 1. The number of rotatable bonds is 7. The first-order valence-corrected chi connectivity index (χ1v) is 12.1. The number of carbonyl (C=O) groups is 2. The second kappa shape index (κ2) is 11.3. The Kier molecular flexibility index (Phi) is 7.98. The number of likely N-dealkylation sites (tertiary alicyclic amines) is 1. The van der Waals surface area contributed by atoms with E-state index in [0.717, 1.165) is 24.9 Å². The van der Waals surface area contributed by atoms with Crippen molar-refractivity contribution in [1.82, 2.24) is 15.2 Å². The quantitative estimate of drug-likeness (QED) is 0.341. The number of nitrogens with zero attached hydrogens (tertiary/aromatic N) is 3. The van der Waals surface area contributed by atoms with E-state index in [4.69, 9.17) is 9.47 Å². The van der Waals surface area contributed by atoms with Gasteiger partial charge in [-0.2, -0.15) is 0 Å². The van der Waals surface area contributed by atoms with E-state index in [9.17, 15) is 19.7 Å². The smallest absolute Gasteiger partial charge is 0.337 e. The molecular formula is C27H30N4O6. The standard InChI is InChI=1S/C27H30N4O6/c1-17-23(26(32)36-3)25(20-8-4-9-21(13-20)31(34)35)24(18(2)29-17)27(33)37-22-10-6-12-30(16-22)15-19-7-5-11-28-14-19/h4-5,7-9,11,13-14,22,25,29H,6,10,12,15-16H2,1-3H3. The summed E-state index contributed by atoms with van der Waals surface area (Å²) in [5, 5.41) is 14.6. The number of benzene rings is 1. The van der Waals surface area contributed by atoms with E-state index in [-0.39, 0.29) is 22.9 Å². The van der Waals surface area contributed by atoms with E-state index in [1.807, 2.05) is 18.3 Å². The summed E-state index contributed by atoms with van der Waals surface area (Å²) in [4.78, 5) is 43.8. The molecule has 0 spiro atoms. The third-order valence-electron chi connectivity index (χ3n) is 6.66. The number of nitro groups is 1. The number of pyridine rings is 1. The Morgan fingerprint density at radius 3 is 2.59 bits per heavy atom. The van der Waals surface area contributed by atoms with Gasteiger partial charge in [-0.05, 0) is 50.4 Å². The van der Waals surface area contributed by atoms with Crippen molar-refractivity contribution in [3.63, 3.8) is 0 Å². The molecule has 2 aliphatic rings. The second-order valence-corrected chi connectivity index (χ2v) is 9.24. The molecule has 1 N–H and O–H groups in total. The molecule has 37 heavy (non-hydrogen) atoms. The van der Waals surface area contributed by atoms with Gasteiger partial charge in [-0.15, -0.1) is 0 Å². The first kappa shape index (κ1) is 26.0. The maximum atomic E-state index is 13.7. The Bertz CT molecular complexity index is 1260. The van der Waals surface area contributed by atoms with Crippen molar-refractivity contribution < 1.29 is 24.0 Å². The van der Waals surface area contributed by atoms with Gasteiger partial charge >= 0.3 is 11.9 Å². The predicted molar refractivity (Wildman–Crippen MR) is 135 cm³/mol. The third-order valence-corrected chi connectivity index (χ3v) is 6.66. The SMILES string of the molecule is COC(=O)C1=C(C)NC(C)=C(C(=O)OC2CCCN(Cc3cccnc3)C2)C1c1cccc([N+](=O)[O-])c1. The topological polar surface area (TPSA) is 124 Å². The molecule has 1 aromatic heterocycles. The minimum atomic E-state index is -0.879. The lowest BCUT2D eigenvalue weighted by molar-refractivity contribution is -0.384. The minimum Gasteiger partial charge on any atom is -0.466 e. The van der Waals surface area contributed by atoms with Crippen LogP contribution in [-0.4, -0.2) is 53.0 Å². The van der Waals surface area contributed by atoms with Gasteiger partial charge in [0.05, 0.1) is 29.1 Å². The van der Waals surface area contributed by atoms with Crippen LogP contribution in [0, 0.1) is 10.1 Å². The Balaban J connectivity index is 1.61. The lowest BCUT2D eigenvalue weighted by Crippen LogP contribution is -2.41. The number of nitrogens with one attached hydrogen (secondary N) is 1. The van der Waals surface area contributed by atoms with Crippen molar-refractivity contribution in [1.29, 1.82) is 0 Å². The number of hydrogen-bond donors (Lipinski definition) is 1. The van der Waals surface area contributed by atoms with E-state index in [1.165, 1.54) is 25.3 Å². The van der Waals surface area contributed by atoms with Gasteiger partial charge in [-0.25, -0.2) is 9.59 Å². The fraction of sp³-hybridized carbons (Fsp3) is 0.370. The average Bonchev–Trinajstić information content (AvgIpc) is 2.88. The molecular weight excluding hydrogens is 476 g/mol. The number of hydrogen-bond acceptors (Lipinski definition) is 9. The van der Waals surface area contributed by atoms with Crippen molar-refractivity contribution in [2.45, 2.75) is 45.3 Å². The van der Waals surface area contributed by atoms with Crippen LogP contribution in [0.25, 0.3) is 0 Å². The van der Waals surface area contributed by atoms with Crippen LogP contribution in [0.4, 0.5) is 5.69 Å². The first-order chi connectivity index (χ1) is 17.8. The van der Waals surface area contributed by atoms with Crippen molar-refractivity contribution in [2.24, 2.45) is 0 Å². The molecule has 2 aliphatic heterocycles. The lowest BCUT2D eigenvalue weighted by atomic mass is 9.80. The Morgan fingerprint density at radius 1 is 1.16 bits per heavy atom. The number of allylic oxidation sites excluding steroid dienone is 2. The molecule has 0 bridgehead atoms. The third kappa shape index (κ3) is 5.86. The van der Waals surface area contributed by atoms with Gasteiger partial charge in [0.1, 0.15) is 6.10 Å². The van der Waals surface area contributed by atoms with Gasteiger partial charge in [-0.3, -0.25) is 20.0 Å². The average molecular weight is 507 g/mol. The van der Waals surface area contributed by atoms with Crippen LogP contribution in [0.1, 0.15) is 43.7 Å². The summed E-state index contributed by atoms with van der Waals surface area (Å²) in [6.45, 7) is 5.60. The minimum absolute atomic E-state index is 0.137. The molecule has 2 atom stereocenters. The van der Waals surface area contributed by atoms with E-state index in [2.05, 4.69) is 15.2 Å².